The number of sulfonamides is 1. The maximum Gasteiger partial charge on any atom is 0.264 e. The molecule has 0 unspecified atom stereocenters. The predicted octanol–water partition coefficient (Wildman–Crippen LogP) is 5.73. The highest BCUT2D eigenvalue weighted by molar-refractivity contribution is 9.10. The summed E-state index contributed by atoms with van der Waals surface area (Å²) in [5.41, 5.74) is 2.31. The van der Waals surface area contributed by atoms with Crippen molar-refractivity contribution in [1.82, 2.24) is 10.2 Å². The second-order valence-corrected chi connectivity index (χ2v) is 12.9. The molecule has 8 nitrogen and oxygen atoms in total. The van der Waals surface area contributed by atoms with Crippen LogP contribution in [0, 0.1) is 6.92 Å². The van der Waals surface area contributed by atoms with Gasteiger partial charge in [-0.25, -0.2) is 8.42 Å². The Morgan fingerprint density at radius 1 is 0.976 bits per heavy atom. The van der Waals surface area contributed by atoms with Gasteiger partial charge in [-0.15, -0.1) is 0 Å². The molecule has 0 spiro atoms. The molecule has 3 aromatic rings. The van der Waals surface area contributed by atoms with Crippen LogP contribution >= 0.6 is 15.9 Å². The fourth-order valence-electron chi connectivity index (χ4n) is 4.51. The molecule has 0 heterocycles. The average molecular weight is 659 g/mol. The maximum atomic E-state index is 14.1. The van der Waals surface area contributed by atoms with Crippen LogP contribution in [0.4, 0.5) is 5.69 Å². The first-order chi connectivity index (χ1) is 20.0. The second-order valence-electron chi connectivity index (χ2n) is 10.2. The number of ether oxygens (including phenoxy) is 1. The van der Waals surface area contributed by atoms with Gasteiger partial charge in [0, 0.05) is 12.6 Å². The Labute approximate surface area is 258 Å². The lowest BCUT2D eigenvalue weighted by molar-refractivity contribution is -0.139. The number of hydrogen-bond acceptors (Lipinski definition) is 5. The zero-order valence-corrected chi connectivity index (χ0v) is 27.2. The smallest absolute Gasteiger partial charge is 0.264 e. The highest BCUT2D eigenvalue weighted by Gasteiger charge is 2.34. The molecule has 1 N–H and O–H groups in total. The van der Waals surface area contributed by atoms with Crippen LogP contribution in [0.2, 0.25) is 0 Å². The van der Waals surface area contributed by atoms with Crippen molar-refractivity contribution in [3.8, 4) is 5.75 Å². The summed E-state index contributed by atoms with van der Waals surface area (Å²) in [5, 5.41) is 3.00. The number of carbonyl (C=O) groups is 2. The van der Waals surface area contributed by atoms with Gasteiger partial charge in [0.15, 0.2) is 0 Å². The summed E-state index contributed by atoms with van der Waals surface area (Å²) in [7, 11) is -2.69. The van der Waals surface area contributed by atoms with Crippen molar-refractivity contribution in [3.63, 3.8) is 0 Å². The SMILES string of the molecule is CC[C@@H](C)NC(=O)[C@H](CC)N(CCc1ccccc1)C(=O)CN(c1ccc(C)cc1)S(=O)(=O)c1ccc(OC)c(Br)c1. The number of benzene rings is 3. The van der Waals surface area contributed by atoms with E-state index in [0.29, 0.717) is 28.8 Å². The number of aryl methyl sites for hydroxylation is 1. The zero-order valence-electron chi connectivity index (χ0n) is 24.8. The molecule has 0 saturated carbocycles. The maximum absolute atomic E-state index is 14.1. The van der Waals surface area contributed by atoms with Crippen molar-refractivity contribution in [2.24, 2.45) is 0 Å². The lowest BCUT2D eigenvalue weighted by Gasteiger charge is -2.33. The van der Waals surface area contributed by atoms with E-state index < -0.39 is 28.5 Å². The fraction of sp³-hybridized carbons (Fsp3) is 0.375. The second kappa shape index (κ2) is 15.2. The number of halogens is 1. The quantitative estimate of drug-likeness (QED) is 0.239. The van der Waals surface area contributed by atoms with E-state index in [1.54, 1.807) is 30.3 Å². The molecule has 42 heavy (non-hydrogen) atoms. The van der Waals surface area contributed by atoms with Gasteiger partial charge in [-0.2, -0.15) is 0 Å². The molecule has 3 aromatic carbocycles. The summed E-state index contributed by atoms with van der Waals surface area (Å²) >= 11 is 3.37. The number of nitrogens with one attached hydrogen (secondary N) is 1. The van der Waals surface area contributed by atoms with E-state index in [9.17, 15) is 18.0 Å². The summed E-state index contributed by atoms with van der Waals surface area (Å²) in [6.45, 7) is 7.43. The third-order valence-corrected chi connectivity index (χ3v) is 9.57. The van der Waals surface area contributed by atoms with Crippen LogP contribution in [-0.4, -0.2) is 57.4 Å². The third kappa shape index (κ3) is 8.35. The molecule has 0 aliphatic carbocycles. The lowest BCUT2D eigenvalue weighted by Crippen LogP contribution is -2.54. The molecular weight excluding hydrogens is 618 g/mol. The Hall–Kier alpha value is -3.37. The predicted molar refractivity (Wildman–Crippen MR) is 170 cm³/mol. The number of hydrogen-bond donors (Lipinski definition) is 1. The summed E-state index contributed by atoms with van der Waals surface area (Å²) in [4.78, 5) is 29.0. The van der Waals surface area contributed by atoms with Crippen LogP contribution in [0.25, 0.3) is 0 Å². The van der Waals surface area contributed by atoms with Gasteiger partial charge in [0.05, 0.1) is 22.2 Å². The minimum Gasteiger partial charge on any atom is -0.496 e. The zero-order chi connectivity index (χ0) is 30.9. The van der Waals surface area contributed by atoms with E-state index in [1.807, 2.05) is 58.0 Å². The molecule has 2 amide bonds. The standard InChI is InChI=1S/C32H40BrN3O5S/c1-6-24(4)34-32(38)29(7-2)35(20-19-25-11-9-8-10-12-25)31(37)22-36(26-15-13-23(3)14-16-26)42(39,40)27-17-18-30(41-5)28(33)21-27/h8-18,21,24,29H,6-7,19-20,22H2,1-5H3,(H,34,38)/t24-,29+/m1/s1. The average Bonchev–Trinajstić information content (AvgIpc) is 2.98. The number of nitrogens with zero attached hydrogens (tertiary/aromatic N) is 2. The topological polar surface area (TPSA) is 96.0 Å². The molecule has 2 atom stereocenters. The summed E-state index contributed by atoms with van der Waals surface area (Å²) in [5.74, 6) is -0.233. The van der Waals surface area contributed by atoms with Crippen molar-refractivity contribution in [2.75, 3.05) is 24.5 Å². The van der Waals surface area contributed by atoms with Gasteiger partial charge in [0.2, 0.25) is 11.8 Å². The largest absolute Gasteiger partial charge is 0.496 e. The molecule has 10 heteroatoms. The van der Waals surface area contributed by atoms with Crippen LogP contribution < -0.4 is 14.4 Å². The number of methoxy groups -OCH3 is 1. The van der Waals surface area contributed by atoms with Crippen LogP contribution in [-0.2, 0) is 26.0 Å². The summed E-state index contributed by atoms with van der Waals surface area (Å²) in [6.07, 6.45) is 1.64. The highest BCUT2D eigenvalue weighted by atomic mass is 79.9. The molecule has 0 bridgehead atoms. The molecule has 0 fully saturated rings. The molecule has 0 aromatic heterocycles. The van der Waals surface area contributed by atoms with Crippen molar-refractivity contribution in [1.29, 1.82) is 0 Å². The van der Waals surface area contributed by atoms with Crippen LogP contribution in [0.15, 0.2) is 82.2 Å². The first kappa shape index (κ1) is 33.1. The van der Waals surface area contributed by atoms with Gasteiger partial charge in [0.25, 0.3) is 10.0 Å². The van der Waals surface area contributed by atoms with Gasteiger partial charge in [-0.1, -0.05) is 61.9 Å². The number of rotatable bonds is 14. The first-order valence-corrected chi connectivity index (χ1v) is 16.3. The van der Waals surface area contributed by atoms with E-state index in [2.05, 4.69) is 21.2 Å². The van der Waals surface area contributed by atoms with E-state index in [-0.39, 0.29) is 23.4 Å². The van der Waals surface area contributed by atoms with Crippen molar-refractivity contribution >= 4 is 43.5 Å². The van der Waals surface area contributed by atoms with Crippen LogP contribution in [0.1, 0.15) is 44.7 Å². The molecular formula is C32H40BrN3O5S. The Balaban J connectivity index is 2.03. The van der Waals surface area contributed by atoms with Crippen molar-refractivity contribution < 1.29 is 22.7 Å². The highest BCUT2D eigenvalue weighted by Crippen LogP contribution is 2.31. The minimum absolute atomic E-state index is 0.000871. The Morgan fingerprint density at radius 3 is 2.21 bits per heavy atom. The Kier molecular flexibility index (Phi) is 12.0. The van der Waals surface area contributed by atoms with Gasteiger partial charge in [-0.05, 0) is 84.9 Å². The Morgan fingerprint density at radius 2 is 1.64 bits per heavy atom. The number of carbonyl (C=O) groups excluding carboxylic acids is 2. The van der Waals surface area contributed by atoms with E-state index in [4.69, 9.17) is 4.74 Å². The van der Waals surface area contributed by atoms with Crippen LogP contribution in [0.3, 0.4) is 0 Å². The van der Waals surface area contributed by atoms with Crippen molar-refractivity contribution in [2.45, 2.75) is 63.9 Å². The molecule has 226 valence electrons. The molecule has 0 aliphatic rings. The lowest BCUT2D eigenvalue weighted by atomic mass is 10.1. The van der Waals surface area contributed by atoms with Crippen molar-refractivity contribution in [3.05, 3.63) is 88.4 Å². The molecule has 3 rings (SSSR count). The summed E-state index contributed by atoms with van der Waals surface area (Å²) in [6, 6.07) is 20.3. The van der Waals surface area contributed by atoms with Gasteiger partial charge < -0.3 is 15.0 Å². The molecule has 0 radical (unpaired) electrons. The number of anilines is 1. The van der Waals surface area contributed by atoms with Crippen LogP contribution in [0.5, 0.6) is 5.75 Å². The van der Waals surface area contributed by atoms with E-state index in [0.717, 1.165) is 21.9 Å². The van der Waals surface area contributed by atoms with Gasteiger partial charge >= 0.3 is 0 Å². The van der Waals surface area contributed by atoms with Gasteiger partial charge in [0.1, 0.15) is 18.3 Å². The Bertz CT molecular complexity index is 1450. The monoisotopic (exact) mass is 657 g/mol. The van der Waals surface area contributed by atoms with E-state index >= 15 is 0 Å². The van der Waals surface area contributed by atoms with Gasteiger partial charge in [-0.3, -0.25) is 13.9 Å². The third-order valence-electron chi connectivity index (χ3n) is 7.18. The molecule has 0 aliphatic heterocycles. The minimum atomic E-state index is -4.19. The molecule has 0 saturated heterocycles. The normalized spacial score (nSPS) is 12.7. The number of amides is 2. The summed E-state index contributed by atoms with van der Waals surface area (Å²) < 4.78 is 35.0. The fourth-order valence-corrected chi connectivity index (χ4v) is 6.64. The first-order valence-electron chi connectivity index (χ1n) is 14.1. The van der Waals surface area contributed by atoms with E-state index in [1.165, 1.54) is 24.1 Å².